The maximum Gasteiger partial charge on any atom is 0.305 e. The predicted octanol–water partition coefficient (Wildman–Crippen LogP) is 4.12. The molecule has 0 aliphatic rings. The fourth-order valence-electron chi connectivity index (χ4n) is 3.24. The van der Waals surface area contributed by atoms with Crippen LogP contribution in [0.15, 0.2) is 0 Å². The van der Waals surface area contributed by atoms with E-state index in [4.69, 9.17) is 14.0 Å². The predicted molar refractivity (Wildman–Crippen MR) is 130 cm³/mol. The average molecular weight is 498 g/mol. The molecule has 200 valence electrons. The van der Waals surface area contributed by atoms with Crippen molar-refractivity contribution in [1.82, 2.24) is 0 Å². The van der Waals surface area contributed by atoms with Gasteiger partial charge in [-0.2, -0.15) is 0 Å². The first-order valence-corrected chi connectivity index (χ1v) is 14.2. The van der Waals surface area contributed by atoms with Gasteiger partial charge in [0.1, 0.15) is 0 Å². The molecular formula is C24H51NO7S. The molecule has 0 amide bonds. The zero-order chi connectivity index (χ0) is 25.4. The maximum absolute atomic E-state index is 11.5. The summed E-state index contributed by atoms with van der Waals surface area (Å²) in [4.78, 5) is 11.5. The Hall–Kier alpha value is -0.740. The Morgan fingerprint density at radius 2 is 1.36 bits per heavy atom. The molecule has 0 radical (unpaired) electrons. The van der Waals surface area contributed by atoms with E-state index >= 15 is 0 Å². The first-order valence-electron chi connectivity index (χ1n) is 12.9. The molecule has 8 nitrogen and oxygen atoms in total. The molecule has 0 rings (SSSR count). The number of unbranched alkanes of at least 4 members (excludes halogenated alkanes) is 10. The standard InChI is InChI=1S/C22H44O6S.C2H7NO/c1-4-5-6-7-10-13-16-21(28-29(24,25)26)17-14-11-8-9-12-15-18-22(23)27-19-20(2)3;3-1-2-4/h20-21H,4-19H2,1-3H3,(H,24,25,26);4H,1-3H2. The van der Waals surface area contributed by atoms with Crippen LogP contribution in [0.2, 0.25) is 0 Å². The van der Waals surface area contributed by atoms with Gasteiger partial charge in [0.25, 0.3) is 0 Å². The van der Waals surface area contributed by atoms with Gasteiger partial charge in [-0.15, -0.1) is 0 Å². The highest BCUT2D eigenvalue weighted by molar-refractivity contribution is 7.80. The van der Waals surface area contributed by atoms with E-state index in [1.807, 2.05) is 13.8 Å². The molecule has 0 aliphatic heterocycles. The van der Waals surface area contributed by atoms with Crippen molar-refractivity contribution in [2.24, 2.45) is 5.92 Å². The lowest BCUT2D eigenvalue weighted by Crippen LogP contribution is -2.51. The molecule has 0 spiro atoms. The summed E-state index contributed by atoms with van der Waals surface area (Å²) in [5.41, 5.74) is 3.35. The average Bonchev–Trinajstić information content (AvgIpc) is 2.75. The number of aliphatic hydroxyl groups excluding tert-OH is 1. The van der Waals surface area contributed by atoms with Crippen molar-refractivity contribution in [2.45, 2.75) is 123 Å². The minimum absolute atomic E-state index is 0.118. The molecule has 0 bridgehead atoms. The normalized spacial score (nSPS) is 12.3. The van der Waals surface area contributed by atoms with Crippen LogP contribution in [-0.2, 0) is 24.1 Å². The van der Waals surface area contributed by atoms with E-state index < -0.39 is 16.5 Å². The van der Waals surface area contributed by atoms with Gasteiger partial charge < -0.3 is 20.1 Å². The maximum atomic E-state index is 11.5. The number of quaternary nitrogens is 1. The monoisotopic (exact) mass is 497 g/mol. The van der Waals surface area contributed by atoms with Crippen molar-refractivity contribution in [1.29, 1.82) is 0 Å². The molecule has 0 aromatic heterocycles. The first-order chi connectivity index (χ1) is 15.7. The minimum Gasteiger partial charge on any atom is -0.726 e. The number of carbonyl (C=O) groups excluding carboxylic acids is 1. The zero-order valence-corrected chi connectivity index (χ0v) is 22.2. The molecule has 1 unspecified atom stereocenters. The second-order valence-corrected chi connectivity index (χ2v) is 10.0. The summed E-state index contributed by atoms with van der Waals surface area (Å²) in [5, 5.41) is 7.81. The smallest absolute Gasteiger partial charge is 0.305 e. The fraction of sp³-hybridized carbons (Fsp3) is 0.958. The molecule has 0 aliphatic carbocycles. The number of ether oxygens (including phenoxy) is 1. The van der Waals surface area contributed by atoms with Crippen molar-refractivity contribution in [3.05, 3.63) is 0 Å². The van der Waals surface area contributed by atoms with Gasteiger partial charge in [-0.1, -0.05) is 91.4 Å². The Labute approximate surface area is 202 Å². The van der Waals surface area contributed by atoms with E-state index in [1.54, 1.807) is 0 Å². The summed E-state index contributed by atoms with van der Waals surface area (Å²) in [7, 11) is -4.64. The van der Waals surface area contributed by atoms with Crippen LogP contribution in [0, 0.1) is 5.92 Å². The van der Waals surface area contributed by atoms with E-state index in [0.717, 1.165) is 57.8 Å². The van der Waals surface area contributed by atoms with Gasteiger partial charge in [0, 0.05) is 6.42 Å². The summed E-state index contributed by atoms with van der Waals surface area (Å²) in [5.74, 6) is 0.247. The molecule has 9 heteroatoms. The van der Waals surface area contributed by atoms with Gasteiger partial charge in [-0.05, 0) is 25.2 Å². The number of esters is 1. The minimum atomic E-state index is -4.64. The summed E-state index contributed by atoms with van der Waals surface area (Å²) >= 11 is 0. The lowest BCUT2D eigenvalue weighted by molar-refractivity contribution is -0.372. The Morgan fingerprint density at radius 3 is 1.79 bits per heavy atom. The number of carbonyl (C=O) groups is 1. The Bertz CT molecular complexity index is 525. The molecule has 4 N–H and O–H groups in total. The van der Waals surface area contributed by atoms with Gasteiger partial charge >= 0.3 is 5.97 Å². The van der Waals surface area contributed by atoms with E-state index in [1.165, 1.54) is 19.3 Å². The SMILES string of the molecule is CCCCCCCCC(CCCCCCCCC(=O)OCC(C)C)OS(=O)(=O)[O-].[NH3+]CCO. The van der Waals surface area contributed by atoms with Crippen LogP contribution in [0.5, 0.6) is 0 Å². The van der Waals surface area contributed by atoms with E-state index in [-0.39, 0.29) is 12.6 Å². The molecule has 0 fully saturated rings. The number of aliphatic hydroxyl groups is 1. The molecule has 0 saturated carbocycles. The van der Waals surface area contributed by atoms with Crippen molar-refractivity contribution in [2.75, 3.05) is 19.8 Å². The van der Waals surface area contributed by atoms with Crippen LogP contribution in [0.1, 0.15) is 117 Å². The highest BCUT2D eigenvalue weighted by atomic mass is 32.3. The lowest BCUT2D eigenvalue weighted by Gasteiger charge is -2.19. The summed E-state index contributed by atoms with van der Waals surface area (Å²) in [6.45, 7) is 7.52. The third kappa shape index (κ3) is 31.3. The third-order valence-electron chi connectivity index (χ3n) is 5.03. The van der Waals surface area contributed by atoms with Gasteiger partial charge in [-0.3, -0.25) is 8.98 Å². The number of rotatable bonds is 21. The Morgan fingerprint density at radius 1 is 0.909 bits per heavy atom. The van der Waals surface area contributed by atoms with Gasteiger partial charge in [0.15, 0.2) is 0 Å². The van der Waals surface area contributed by atoms with Crippen molar-refractivity contribution < 1.29 is 37.5 Å². The number of hydrogen-bond acceptors (Lipinski definition) is 7. The molecule has 0 saturated heterocycles. The number of hydrogen-bond donors (Lipinski definition) is 2. The van der Waals surface area contributed by atoms with Crippen LogP contribution in [0.3, 0.4) is 0 Å². The lowest BCUT2D eigenvalue weighted by atomic mass is 10.0. The summed E-state index contributed by atoms with van der Waals surface area (Å²) < 4.78 is 42.7. The second kappa shape index (κ2) is 24.4. The van der Waals surface area contributed by atoms with Gasteiger partial charge in [0.05, 0.1) is 25.9 Å². The summed E-state index contributed by atoms with van der Waals surface area (Å²) in [6, 6.07) is 0. The van der Waals surface area contributed by atoms with E-state index in [2.05, 4.69) is 12.7 Å². The van der Waals surface area contributed by atoms with Crippen molar-refractivity contribution in [3.8, 4) is 0 Å². The van der Waals surface area contributed by atoms with E-state index in [0.29, 0.717) is 38.3 Å². The van der Waals surface area contributed by atoms with Crippen LogP contribution in [0.4, 0.5) is 0 Å². The van der Waals surface area contributed by atoms with E-state index in [9.17, 15) is 17.8 Å². The highest BCUT2D eigenvalue weighted by Gasteiger charge is 2.12. The first kappa shape index (κ1) is 34.4. The van der Waals surface area contributed by atoms with Gasteiger partial charge in [0.2, 0.25) is 10.4 Å². The van der Waals surface area contributed by atoms with Crippen LogP contribution in [0.25, 0.3) is 0 Å². The fourth-order valence-corrected chi connectivity index (χ4v) is 3.77. The third-order valence-corrected chi connectivity index (χ3v) is 5.53. The topological polar surface area (TPSA) is 141 Å². The highest BCUT2D eigenvalue weighted by Crippen LogP contribution is 2.18. The van der Waals surface area contributed by atoms with Crippen LogP contribution < -0.4 is 5.73 Å². The molecule has 1 atom stereocenters. The molecule has 0 aromatic carbocycles. The molecular weight excluding hydrogens is 446 g/mol. The van der Waals surface area contributed by atoms with Crippen LogP contribution in [-0.4, -0.2) is 49.9 Å². The second-order valence-electron chi connectivity index (χ2n) is 9.00. The zero-order valence-electron chi connectivity index (χ0n) is 21.4. The molecule has 33 heavy (non-hydrogen) atoms. The quantitative estimate of drug-likeness (QED) is 0.105. The molecule has 0 aromatic rings. The van der Waals surface area contributed by atoms with Gasteiger partial charge in [-0.25, -0.2) is 8.42 Å². The Kier molecular flexibility index (Phi) is 25.4. The largest absolute Gasteiger partial charge is 0.726 e. The van der Waals surface area contributed by atoms with Crippen molar-refractivity contribution in [3.63, 3.8) is 0 Å². The Balaban J connectivity index is 0. The molecule has 0 heterocycles. The van der Waals surface area contributed by atoms with Crippen LogP contribution >= 0.6 is 0 Å². The summed E-state index contributed by atoms with van der Waals surface area (Å²) in [6.07, 6.45) is 13.7. The van der Waals surface area contributed by atoms with Crippen molar-refractivity contribution >= 4 is 16.4 Å².